The van der Waals surface area contributed by atoms with Crippen molar-refractivity contribution in [3.63, 3.8) is 0 Å². The second kappa shape index (κ2) is 19.6. The van der Waals surface area contributed by atoms with Crippen molar-refractivity contribution in [3.8, 4) is 34.5 Å². The molecule has 0 unspecified atom stereocenters. The van der Waals surface area contributed by atoms with Gasteiger partial charge in [0, 0.05) is 54.3 Å². The monoisotopic (exact) mass is 824 g/mol. The van der Waals surface area contributed by atoms with Gasteiger partial charge in [-0.05, 0) is 89.5 Å². The minimum atomic E-state index is -0.877. The van der Waals surface area contributed by atoms with Crippen molar-refractivity contribution in [1.29, 1.82) is 0 Å². The van der Waals surface area contributed by atoms with E-state index in [1.54, 1.807) is 38.4 Å². The fourth-order valence-electron chi connectivity index (χ4n) is 6.20. The van der Waals surface area contributed by atoms with Crippen LogP contribution in [0.1, 0.15) is 63.7 Å². The molecule has 0 spiro atoms. The molecule has 60 heavy (non-hydrogen) atoms. The van der Waals surface area contributed by atoms with Crippen LogP contribution in [0, 0.1) is 0 Å². The van der Waals surface area contributed by atoms with Gasteiger partial charge in [-0.25, -0.2) is 9.59 Å². The topological polar surface area (TPSA) is 211 Å². The van der Waals surface area contributed by atoms with Gasteiger partial charge >= 0.3 is 11.9 Å². The number of carbonyl (C=O) groups is 4. The molecular weight excluding hydrogens is 780 g/mol. The van der Waals surface area contributed by atoms with Crippen LogP contribution in [-0.4, -0.2) is 86.7 Å². The third kappa shape index (κ3) is 9.32. The molecule has 0 heterocycles. The van der Waals surface area contributed by atoms with Gasteiger partial charge in [-0.3, -0.25) is 9.59 Å². The Bertz CT molecular complexity index is 2230. The Morgan fingerprint density at radius 3 is 1.38 bits per heavy atom. The highest BCUT2D eigenvalue weighted by Gasteiger charge is 2.24. The lowest BCUT2D eigenvalue weighted by Gasteiger charge is -2.21. The van der Waals surface area contributed by atoms with E-state index in [1.807, 2.05) is 0 Å². The van der Waals surface area contributed by atoms with Gasteiger partial charge in [0.15, 0.2) is 23.0 Å². The molecule has 5 aromatic carbocycles. The molecule has 0 bridgehead atoms. The standard InChI is InChI=1S/C44H44N2O14/c1-45(41(51)25-7-13-35(30(15-25)24-50)59-43(53)33-17-28(22-48)27(21-47)16-29(33)23-49)31-9-11-32(12-10-31)46(2)42(52)26-8-14-36(38(18-26)56-4)60-44(54)34-19-39(57-5)40(58-6)20-37(34)55-3/h7-20,47-50H,21-24H2,1-6H3. The maximum absolute atomic E-state index is 13.6. The summed E-state index contributed by atoms with van der Waals surface area (Å²) in [7, 11) is 8.77. The van der Waals surface area contributed by atoms with E-state index in [2.05, 4.69) is 0 Å². The number of methoxy groups -OCH3 is 4. The maximum atomic E-state index is 13.6. The molecule has 5 rings (SSSR count). The first-order chi connectivity index (χ1) is 28.9. The molecule has 0 aliphatic carbocycles. The van der Waals surface area contributed by atoms with Gasteiger partial charge in [0.25, 0.3) is 11.8 Å². The number of benzene rings is 5. The highest BCUT2D eigenvalue weighted by molar-refractivity contribution is 6.08. The smallest absolute Gasteiger partial charge is 0.347 e. The van der Waals surface area contributed by atoms with Crippen molar-refractivity contribution < 1.29 is 68.0 Å². The molecule has 0 saturated heterocycles. The molecule has 314 valence electrons. The molecule has 0 fully saturated rings. The lowest BCUT2D eigenvalue weighted by atomic mass is 9.99. The molecule has 16 heteroatoms. The minimum Gasteiger partial charge on any atom is -0.496 e. The van der Waals surface area contributed by atoms with Gasteiger partial charge in [0.2, 0.25) is 0 Å². The lowest BCUT2D eigenvalue weighted by molar-refractivity contribution is 0.0716. The first kappa shape index (κ1) is 44.1. The Morgan fingerprint density at radius 1 is 0.433 bits per heavy atom. The lowest BCUT2D eigenvalue weighted by Crippen LogP contribution is -2.27. The molecule has 4 N–H and O–H groups in total. The van der Waals surface area contributed by atoms with Crippen LogP contribution in [0.5, 0.6) is 34.5 Å². The second-order valence-corrected chi connectivity index (χ2v) is 13.0. The summed E-state index contributed by atoms with van der Waals surface area (Å²) >= 11 is 0. The zero-order valence-corrected chi connectivity index (χ0v) is 33.7. The predicted octanol–water partition coefficient (Wildman–Crippen LogP) is 4.68. The highest BCUT2D eigenvalue weighted by Crippen LogP contribution is 2.37. The van der Waals surface area contributed by atoms with E-state index in [0.717, 1.165) is 0 Å². The predicted molar refractivity (Wildman–Crippen MR) is 217 cm³/mol. The summed E-state index contributed by atoms with van der Waals surface area (Å²) in [6, 6.07) is 20.8. The van der Waals surface area contributed by atoms with Crippen LogP contribution in [0.2, 0.25) is 0 Å². The van der Waals surface area contributed by atoms with Crippen LogP contribution < -0.4 is 38.2 Å². The number of nitrogens with zero attached hydrogens (tertiary/aromatic N) is 2. The fourth-order valence-corrected chi connectivity index (χ4v) is 6.20. The van der Waals surface area contributed by atoms with Gasteiger partial charge in [-0.2, -0.15) is 0 Å². The van der Waals surface area contributed by atoms with Crippen molar-refractivity contribution in [1.82, 2.24) is 0 Å². The van der Waals surface area contributed by atoms with Crippen molar-refractivity contribution in [3.05, 3.63) is 129 Å². The summed E-state index contributed by atoms with van der Waals surface area (Å²) in [5.74, 6) is -1.52. The molecule has 0 aromatic heterocycles. The number of anilines is 2. The van der Waals surface area contributed by atoms with Crippen LogP contribution in [0.15, 0.2) is 84.9 Å². The van der Waals surface area contributed by atoms with E-state index in [1.165, 1.54) is 98.9 Å². The van der Waals surface area contributed by atoms with E-state index < -0.39 is 50.2 Å². The van der Waals surface area contributed by atoms with Gasteiger partial charge in [0.1, 0.15) is 17.1 Å². The van der Waals surface area contributed by atoms with Gasteiger partial charge in [0.05, 0.1) is 60.4 Å². The summed E-state index contributed by atoms with van der Waals surface area (Å²) in [5, 5.41) is 39.2. The zero-order chi connectivity index (χ0) is 43.7. The number of aliphatic hydroxyl groups excluding tert-OH is 4. The van der Waals surface area contributed by atoms with E-state index in [-0.39, 0.29) is 61.9 Å². The normalized spacial score (nSPS) is 10.7. The Kier molecular flexibility index (Phi) is 14.4. The molecular formula is C44H44N2O14. The second-order valence-electron chi connectivity index (χ2n) is 13.0. The number of ether oxygens (including phenoxy) is 6. The van der Waals surface area contributed by atoms with Gasteiger partial charge < -0.3 is 58.6 Å². The molecule has 0 radical (unpaired) electrons. The number of amides is 2. The quantitative estimate of drug-likeness (QED) is 0.0787. The van der Waals surface area contributed by atoms with Crippen LogP contribution >= 0.6 is 0 Å². The van der Waals surface area contributed by atoms with E-state index in [9.17, 15) is 39.6 Å². The third-order valence-corrected chi connectivity index (χ3v) is 9.61. The van der Waals surface area contributed by atoms with Gasteiger partial charge in [-0.1, -0.05) is 0 Å². The van der Waals surface area contributed by atoms with Crippen LogP contribution in [0.4, 0.5) is 11.4 Å². The van der Waals surface area contributed by atoms with Crippen LogP contribution in [-0.2, 0) is 26.4 Å². The first-order valence-electron chi connectivity index (χ1n) is 18.2. The maximum Gasteiger partial charge on any atom is 0.347 e. The number of rotatable bonds is 16. The number of esters is 2. The SMILES string of the molecule is COc1cc(OC)c(C(=O)Oc2ccc(C(=O)N(C)c3ccc(N(C)C(=O)c4ccc(OC(=O)c5cc(CO)c(CO)cc5CO)c(CO)c4)cc3)cc2OC)cc1OC. The van der Waals surface area contributed by atoms with E-state index in [4.69, 9.17) is 28.4 Å². The number of hydrogen-bond donors (Lipinski definition) is 4. The van der Waals surface area contributed by atoms with E-state index >= 15 is 0 Å². The molecule has 0 saturated carbocycles. The van der Waals surface area contributed by atoms with Crippen molar-refractivity contribution in [2.24, 2.45) is 0 Å². The Hall–Kier alpha value is -6.98. The summed E-state index contributed by atoms with van der Waals surface area (Å²) in [6.45, 7) is -1.98. The summed E-state index contributed by atoms with van der Waals surface area (Å²) in [6.07, 6.45) is 0. The molecule has 0 aliphatic heterocycles. The molecule has 16 nitrogen and oxygen atoms in total. The summed E-state index contributed by atoms with van der Waals surface area (Å²) in [5.41, 5.74) is 2.34. The summed E-state index contributed by atoms with van der Waals surface area (Å²) in [4.78, 5) is 56.2. The fraction of sp³-hybridized carbons (Fsp3) is 0.227. The van der Waals surface area contributed by atoms with Crippen LogP contribution in [0.25, 0.3) is 0 Å². The van der Waals surface area contributed by atoms with E-state index in [0.29, 0.717) is 28.4 Å². The molecule has 0 aliphatic rings. The van der Waals surface area contributed by atoms with Crippen molar-refractivity contribution in [2.75, 3.05) is 52.3 Å². The Labute approximate surface area is 345 Å². The molecule has 2 amide bonds. The van der Waals surface area contributed by atoms with Gasteiger partial charge in [-0.15, -0.1) is 0 Å². The minimum absolute atomic E-state index is 0.0250. The van der Waals surface area contributed by atoms with Crippen molar-refractivity contribution in [2.45, 2.75) is 26.4 Å². The number of carbonyl (C=O) groups excluding carboxylic acids is 4. The van der Waals surface area contributed by atoms with Crippen molar-refractivity contribution >= 4 is 35.1 Å². The average molecular weight is 825 g/mol. The Morgan fingerprint density at radius 2 is 0.867 bits per heavy atom. The number of aliphatic hydroxyl groups is 4. The average Bonchev–Trinajstić information content (AvgIpc) is 3.29. The van der Waals surface area contributed by atoms with Crippen LogP contribution in [0.3, 0.4) is 0 Å². The first-order valence-corrected chi connectivity index (χ1v) is 18.2. The highest BCUT2D eigenvalue weighted by atomic mass is 16.6. The summed E-state index contributed by atoms with van der Waals surface area (Å²) < 4.78 is 32.5. The Balaban J connectivity index is 1.27. The number of hydrogen-bond acceptors (Lipinski definition) is 14. The third-order valence-electron chi connectivity index (χ3n) is 9.61. The molecule has 5 aromatic rings. The molecule has 0 atom stereocenters. The largest absolute Gasteiger partial charge is 0.496 e. The zero-order valence-electron chi connectivity index (χ0n) is 33.7.